The zero-order valence-electron chi connectivity index (χ0n) is 11.6. The van der Waals surface area contributed by atoms with E-state index in [9.17, 15) is 13.2 Å². The molecule has 0 aliphatic heterocycles. The Morgan fingerprint density at radius 1 is 1.33 bits per heavy atom. The van der Waals surface area contributed by atoms with E-state index in [4.69, 9.17) is 10.2 Å². The van der Waals surface area contributed by atoms with Gasteiger partial charge in [0.15, 0.2) is 0 Å². The number of aliphatic hydroxyl groups excluding tert-OH is 1. The predicted molar refractivity (Wildman–Crippen MR) is 76.6 cm³/mol. The molecule has 0 amide bonds. The van der Waals surface area contributed by atoms with Gasteiger partial charge < -0.3 is 10.2 Å². The first kappa shape index (κ1) is 15.9. The molecule has 0 saturated heterocycles. The molecule has 0 atom stereocenters. The second-order valence-corrected chi connectivity index (χ2v) is 7.00. The number of nitrogens with zero attached hydrogens (tertiary/aromatic N) is 1. The first-order chi connectivity index (χ1) is 9.96. The minimum Gasteiger partial charge on any atom is -0.478 e. The van der Waals surface area contributed by atoms with Crippen molar-refractivity contribution in [2.75, 3.05) is 13.2 Å². The summed E-state index contributed by atoms with van der Waals surface area (Å²) in [5, 5.41) is 17.9. The van der Waals surface area contributed by atoms with Crippen LogP contribution < -0.4 is 0 Å². The number of hydrogen-bond donors (Lipinski definition) is 2. The van der Waals surface area contributed by atoms with E-state index in [1.807, 2.05) is 0 Å². The summed E-state index contributed by atoms with van der Waals surface area (Å²) in [4.78, 5) is 11.0. The van der Waals surface area contributed by atoms with Gasteiger partial charge in [0.1, 0.15) is 0 Å². The van der Waals surface area contributed by atoms with Crippen LogP contribution in [-0.2, 0) is 10.0 Å². The molecular weight excluding hydrogens is 294 g/mol. The molecule has 1 aromatic rings. The van der Waals surface area contributed by atoms with E-state index in [0.29, 0.717) is 6.42 Å². The molecule has 2 N–H and O–H groups in total. The summed E-state index contributed by atoms with van der Waals surface area (Å²) in [6, 6.07) is 5.34. The lowest BCUT2D eigenvalue weighted by atomic mass is 9.93. The summed E-state index contributed by atoms with van der Waals surface area (Å²) in [5.74, 6) is -1.15. The van der Waals surface area contributed by atoms with Crippen LogP contribution in [0.5, 0.6) is 0 Å². The topological polar surface area (TPSA) is 94.9 Å². The molecule has 21 heavy (non-hydrogen) atoms. The molecule has 0 radical (unpaired) electrons. The van der Waals surface area contributed by atoms with Gasteiger partial charge in [-0.25, -0.2) is 13.2 Å². The fourth-order valence-electron chi connectivity index (χ4n) is 2.33. The minimum atomic E-state index is -3.73. The first-order valence-electron chi connectivity index (χ1n) is 6.93. The number of carbonyl (C=O) groups is 1. The monoisotopic (exact) mass is 313 g/mol. The van der Waals surface area contributed by atoms with Crippen molar-refractivity contribution in [3.05, 3.63) is 29.8 Å². The van der Waals surface area contributed by atoms with Gasteiger partial charge in [-0.2, -0.15) is 4.31 Å². The van der Waals surface area contributed by atoms with Crippen molar-refractivity contribution >= 4 is 16.0 Å². The number of carboxylic acids is 1. The van der Waals surface area contributed by atoms with E-state index < -0.39 is 16.0 Å². The van der Waals surface area contributed by atoms with Gasteiger partial charge >= 0.3 is 5.97 Å². The van der Waals surface area contributed by atoms with Gasteiger partial charge in [-0.05, 0) is 37.5 Å². The van der Waals surface area contributed by atoms with E-state index in [0.717, 1.165) is 19.3 Å². The molecule has 0 heterocycles. The highest BCUT2D eigenvalue weighted by Gasteiger charge is 2.34. The highest BCUT2D eigenvalue weighted by molar-refractivity contribution is 7.89. The van der Waals surface area contributed by atoms with E-state index in [1.54, 1.807) is 0 Å². The molecule has 1 aliphatic carbocycles. The number of benzene rings is 1. The lowest BCUT2D eigenvalue weighted by molar-refractivity contribution is 0.0696. The highest BCUT2D eigenvalue weighted by Crippen LogP contribution is 2.30. The van der Waals surface area contributed by atoms with Crippen LogP contribution in [0.2, 0.25) is 0 Å². The molecule has 0 spiro atoms. The third-order valence-electron chi connectivity index (χ3n) is 3.71. The van der Waals surface area contributed by atoms with Crippen LogP contribution >= 0.6 is 0 Å². The summed E-state index contributed by atoms with van der Waals surface area (Å²) in [6.07, 6.45) is 2.98. The van der Waals surface area contributed by atoms with Crippen LogP contribution in [0.25, 0.3) is 0 Å². The molecule has 0 unspecified atom stereocenters. The van der Waals surface area contributed by atoms with Crippen molar-refractivity contribution in [3.63, 3.8) is 0 Å². The first-order valence-corrected chi connectivity index (χ1v) is 8.37. The van der Waals surface area contributed by atoms with Crippen molar-refractivity contribution in [3.8, 4) is 0 Å². The fourth-order valence-corrected chi connectivity index (χ4v) is 4.10. The number of sulfonamides is 1. The van der Waals surface area contributed by atoms with Gasteiger partial charge in [-0.3, -0.25) is 0 Å². The van der Waals surface area contributed by atoms with Crippen LogP contribution in [0.4, 0.5) is 0 Å². The average molecular weight is 313 g/mol. The van der Waals surface area contributed by atoms with Crippen molar-refractivity contribution < 1.29 is 23.4 Å². The third-order valence-corrected chi connectivity index (χ3v) is 5.65. The molecule has 7 heteroatoms. The van der Waals surface area contributed by atoms with Gasteiger partial charge in [0.25, 0.3) is 0 Å². The zero-order valence-corrected chi connectivity index (χ0v) is 12.4. The normalized spacial score (nSPS) is 15.9. The van der Waals surface area contributed by atoms with Crippen molar-refractivity contribution in [2.24, 2.45) is 0 Å². The van der Waals surface area contributed by atoms with E-state index in [2.05, 4.69) is 0 Å². The Balaban J connectivity index is 2.32. The maximum absolute atomic E-state index is 12.7. The number of aliphatic hydroxyl groups is 1. The molecule has 0 aromatic heterocycles. The van der Waals surface area contributed by atoms with Crippen molar-refractivity contribution in [1.82, 2.24) is 4.31 Å². The molecule has 1 saturated carbocycles. The minimum absolute atomic E-state index is 0.00719. The fraction of sp³-hybridized carbons (Fsp3) is 0.500. The average Bonchev–Trinajstić information content (AvgIpc) is 2.41. The molecule has 116 valence electrons. The SMILES string of the molecule is O=C(O)c1cccc(S(=O)(=O)N(CCCO)C2CCC2)c1. The number of carboxylic acid groups (broad SMARTS) is 1. The molecular formula is C14H19NO5S. The molecule has 1 fully saturated rings. The van der Waals surface area contributed by atoms with Gasteiger partial charge in [-0.15, -0.1) is 0 Å². The molecule has 1 aromatic carbocycles. The van der Waals surface area contributed by atoms with Crippen molar-refractivity contribution in [2.45, 2.75) is 36.6 Å². The summed E-state index contributed by atoms with van der Waals surface area (Å²) in [6.45, 7) is 0.175. The Morgan fingerprint density at radius 3 is 2.57 bits per heavy atom. The maximum atomic E-state index is 12.7. The Bertz CT molecular complexity index is 610. The second-order valence-electron chi connectivity index (χ2n) is 5.11. The third kappa shape index (κ3) is 3.42. The zero-order chi connectivity index (χ0) is 15.5. The van der Waals surface area contributed by atoms with Crippen LogP contribution in [0.1, 0.15) is 36.0 Å². The number of aromatic carboxylic acids is 1. The highest BCUT2D eigenvalue weighted by atomic mass is 32.2. The Kier molecular flexibility index (Phi) is 4.97. The molecule has 2 rings (SSSR count). The van der Waals surface area contributed by atoms with Crippen LogP contribution in [0.3, 0.4) is 0 Å². The van der Waals surface area contributed by atoms with Gasteiger partial charge in [0.2, 0.25) is 10.0 Å². The van der Waals surface area contributed by atoms with Gasteiger partial charge in [0, 0.05) is 19.2 Å². The largest absolute Gasteiger partial charge is 0.478 e. The van der Waals surface area contributed by atoms with Crippen molar-refractivity contribution in [1.29, 1.82) is 0 Å². The lowest BCUT2D eigenvalue weighted by Gasteiger charge is -2.36. The predicted octanol–water partition coefficient (Wildman–Crippen LogP) is 1.31. The molecule has 0 bridgehead atoms. The van der Waals surface area contributed by atoms with E-state index in [-0.39, 0.29) is 29.7 Å². The Morgan fingerprint density at radius 2 is 2.05 bits per heavy atom. The molecule has 1 aliphatic rings. The standard InChI is InChI=1S/C14H19NO5S/c16-9-3-8-15(12-5-2-6-12)21(19,20)13-7-1-4-11(10-13)14(17)18/h1,4,7,10,12,16H,2-3,5-6,8-9H2,(H,17,18). The number of rotatable bonds is 7. The number of hydrogen-bond acceptors (Lipinski definition) is 4. The second kappa shape index (κ2) is 6.55. The maximum Gasteiger partial charge on any atom is 0.335 e. The van der Waals surface area contributed by atoms with E-state index >= 15 is 0 Å². The summed E-state index contributed by atoms with van der Waals surface area (Å²) in [7, 11) is -3.73. The van der Waals surface area contributed by atoms with Gasteiger partial charge in [-0.1, -0.05) is 12.5 Å². The van der Waals surface area contributed by atoms with Crippen LogP contribution in [-0.4, -0.2) is 48.1 Å². The summed E-state index contributed by atoms with van der Waals surface area (Å²) < 4.78 is 26.8. The van der Waals surface area contributed by atoms with E-state index in [1.165, 1.54) is 28.6 Å². The summed E-state index contributed by atoms with van der Waals surface area (Å²) in [5.41, 5.74) is -0.0493. The molecule has 6 nitrogen and oxygen atoms in total. The van der Waals surface area contributed by atoms with Crippen LogP contribution in [0, 0.1) is 0 Å². The van der Waals surface area contributed by atoms with Gasteiger partial charge in [0.05, 0.1) is 10.5 Å². The summed E-state index contributed by atoms with van der Waals surface area (Å²) >= 11 is 0. The smallest absolute Gasteiger partial charge is 0.335 e. The Hall–Kier alpha value is -1.44. The quantitative estimate of drug-likeness (QED) is 0.791. The Labute approximate surface area is 124 Å². The lowest BCUT2D eigenvalue weighted by Crippen LogP contribution is -2.44. The van der Waals surface area contributed by atoms with Crippen LogP contribution in [0.15, 0.2) is 29.2 Å².